The summed E-state index contributed by atoms with van der Waals surface area (Å²) >= 11 is 0. The van der Waals surface area contributed by atoms with E-state index < -0.39 is 7.82 Å². The van der Waals surface area contributed by atoms with E-state index in [9.17, 15) is 4.57 Å². The highest BCUT2D eigenvalue weighted by Gasteiger charge is 2.12. The number of phosphoric ester groups is 1. The van der Waals surface area contributed by atoms with Gasteiger partial charge in [-0.3, -0.25) is 4.52 Å². The molecule has 0 amide bonds. The van der Waals surface area contributed by atoms with Crippen LogP contribution in [-0.2, 0) is 9.09 Å². The Morgan fingerprint density at radius 2 is 0.885 bits per heavy atom. The van der Waals surface area contributed by atoms with Crippen LogP contribution in [-0.4, -0.2) is 28.1 Å². The Morgan fingerprint density at radius 3 is 1.15 bits per heavy atom. The molecule has 0 saturated heterocycles. The van der Waals surface area contributed by atoms with Crippen molar-refractivity contribution in [2.45, 2.75) is 117 Å². The minimum atomic E-state index is -4.26. The van der Waals surface area contributed by atoms with Crippen molar-refractivity contribution in [2.75, 3.05) is 13.2 Å². The summed E-state index contributed by atoms with van der Waals surface area (Å²) in [6.45, 7) is 4.36. The predicted octanol–water partition coefficient (Wildman–Crippen LogP) is 6.36. The summed E-state index contributed by atoms with van der Waals surface area (Å²) in [7, 11) is -4.26. The monoisotopic (exact) mass is 396 g/mol. The van der Waals surface area contributed by atoms with E-state index >= 15 is 0 Å². The lowest BCUT2D eigenvalue weighted by Gasteiger charge is -2.05. The Labute approximate surface area is 162 Å². The smallest absolute Gasteiger partial charge is 0.397 e. The first-order chi connectivity index (χ1) is 12.5. The van der Waals surface area contributed by atoms with E-state index in [4.69, 9.17) is 14.9 Å². The van der Waals surface area contributed by atoms with E-state index in [-0.39, 0.29) is 13.2 Å². The summed E-state index contributed by atoms with van der Waals surface area (Å²) < 4.78 is 14.9. The van der Waals surface area contributed by atoms with E-state index in [2.05, 4.69) is 11.4 Å². The molecule has 26 heavy (non-hydrogen) atoms. The summed E-state index contributed by atoms with van der Waals surface area (Å²) in [6.07, 6.45) is 20.7. The topological polar surface area (TPSA) is 87.0 Å². The van der Waals surface area contributed by atoms with Gasteiger partial charge in [0.15, 0.2) is 0 Å². The zero-order chi connectivity index (χ0) is 19.9. The molecule has 0 rings (SSSR count). The molecule has 0 fully saturated rings. The van der Waals surface area contributed by atoms with Crippen LogP contribution in [0.4, 0.5) is 0 Å². The average molecular weight is 397 g/mol. The quantitative estimate of drug-likeness (QED) is 0.185. The van der Waals surface area contributed by atoms with Crippen LogP contribution in [0, 0.1) is 0 Å². The third kappa shape index (κ3) is 31.8. The highest BCUT2D eigenvalue weighted by Crippen LogP contribution is 2.35. The zero-order valence-corrected chi connectivity index (χ0v) is 18.2. The van der Waals surface area contributed by atoms with Gasteiger partial charge in [-0.1, -0.05) is 103 Å². The largest absolute Gasteiger partial charge is 0.469 e. The Hall–Kier alpha value is 0.0700. The summed E-state index contributed by atoms with van der Waals surface area (Å²) in [5.74, 6) is 0. The maximum absolute atomic E-state index is 10.5. The van der Waals surface area contributed by atoms with Gasteiger partial charge in [0.2, 0.25) is 0 Å². The van der Waals surface area contributed by atoms with Crippen molar-refractivity contribution in [2.24, 2.45) is 0 Å². The van der Waals surface area contributed by atoms with Gasteiger partial charge in [-0.15, -0.1) is 0 Å². The number of hydrogen-bond donors (Lipinski definition) is 3. The third-order valence-electron chi connectivity index (χ3n) is 4.26. The molecule has 0 aromatic rings. The number of rotatable bonds is 18. The standard InChI is InChI=1S/C18H39O4P.C2H6O/c1-2-3-4-5-6-7-8-9-10-11-12-13-14-15-16-17-18-22-23(19,20)21;1-2-3/h2-18H2,1H3,(H2,19,20,21);3H,2H2,1H3. The molecule has 0 aromatic carbocycles. The summed E-state index contributed by atoms with van der Waals surface area (Å²) in [5.41, 5.74) is 0. The van der Waals surface area contributed by atoms with E-state index in [0.29, 0.717) is 0 Å². The average Bonchev–Trinajstić information content (AvgIpc) is 2.57. The molecule has 0 saturated carbocycles. The second kappa shape index (κ2) is 23.1. The van der Waals surface area contributed by atoms with Crippen molar-refractivity contribution >= 4 is 7.82 Å². The van der Waals surface area contributed by atoms with Gasteiger partial charge in [0.1, 0.15) is 0 Å². The minimum Gasteiger partial charge on any atom is -0.397 e. The number of aliphatic hydroxyl groups excluding tert-OH is 1. The van der Waals surface area contributed by atoms with Crippen LogP contribution in [0.2, 0.25) is 0 Å². The molecule has 0 atom stereocenters. The van der Waals surface area contributed by atoms with Crippen LogP contribution >= 0.6 is 7.82 Å². The molecule has 0 bridgehead atoms. The van der Waals surface area contributed by atoms with Crippen molar-refractivity contribution in [3.05, 3.63) is 0 Å². The van der Waals surface area contributed by atoms with E-state index in [1.165, 1.54) is 83.5 Å². The molecule has 6 heteroatoms. The van der Waals surface area contributed by atoms with Gasteiger partial charge >= 0.3 is 7.82 Å². The van der Waals surface area contributed by atoms with E-state index in [1.807, 2.05) is 0 Å². The lowest BCUT2D eigenvalue weighted by molar-refractivity contribution is 0.193. The van der Waals surface area contributed by atoms with Crippen LogP contribution in [0.25, 0.3) is 0 Å². The van der Waals surface area contributed by atoms with Gasteiger partial charge in [0.25, 0.3) is 0 Å². The van der Waals surface area contributed by atoms with E-state index in [1.54, 1.807) is 6.92 Å². The van der Waals surface area contributed by atoms with Crippen molar-refractivity contribution in [1.82, 2.24) is 0 Å². The predicted molar refractivity (Wildman–Crippen MR) is 110 cm³/mol. The Balaban J connectivity index is 0. The van der Waals surface area contributed by atoms with Gasteiger partial charge in [0, 0.05) is 6.61 Å². The Kier molecular flexibility index (Phi) is 25.1. The molecule has 3 N–H and O–H groups in total. The third-order valence-corrected chi connectivity index (χ3v) is 4.78. The fraction of sp³-hybridized carbons (Fsp3) is 1.00. The molecule has 0 aliphatic carbocycles. The lowest BCUT2D eigenvalue weighted by atomic mass is 10.0. The molecule has 0 radical (unpaired) electrons. The molecule has 0 heterocycles. The first kappa shape index (κ1) is 28.3. The first-order valence-corrected chi connectivity index (χ1v) is 12.3. The first-order valence-electron chi connectivity index (χ1n) is 10.8. The summed E-state index contributed by atoms with van der Waals surface area (Å²) in [6, 6.07) is 0. The summed E-state index contributed by atoms with van der Waals surface area (Å²) in [5, 5.41) is 7.57. The molecular formula is C20H45O5P. The summed E-state index contributed by atoms with van der Waals surface area (Å²) in [4.78, 5) is 17.1. The van der Waals surface area contributed by atoms with Crippen LogP contribution < -0.4 is 0 Å². The van der Waals surface area contributed by atoms with Crippen molar-refractivity contribution in [3.8, 4) is 0 Å². The molecule has 160 valence electrons. The molecule has 0 aliphatic heterocycles. The number of hydrogen-bond acceptors (Lipinski definition) is 3. The van der Waals surface area contributed by atoms with Crippen molar-refractivity contribution < 1.29 is 24.0 Å². The molecule has 0 aromatic heterocycles. The fourth-order valence-electron chi connectivity index (χ4n) is 2.83. The lowest BCUT2D eigenvalue weighted by Crippen LogP contribution is -1.92. The normalized spacial score (nSPS) is 11.3. The van der Waals surface area contributed by atoms with Crippen molar-refractivity contribution in [3.63, 3.8) is 0 Å². The zero-order valence-electron chi connectivity index (χ0n) is 17.3. The van der Waals surface area contributed by atoms with Crippen LogP contribution in [0.5, 0.6) is 0 Å². The van der Waals surface area contributed by atoms with Crippen LogP contribution in [0.1, 0.15) is 117 Å². The Morgan fingerprint density at radius 1 is 0.615 bits per heavy atom. The van der Waals surface area contributed by atoms with Gasteiger partial charge < -0.3 is 14.9 Å². The molecule has 0 spiro atoms. The SMILES string of the molecule is CCCCCCCCCCCCCCCCCCOP(=O)(O)O.CCO. The maximum atomic E-state index is 10.5. The molecule has 0 unspecified atom stereocenters. The number of phosphoric acid groups is 1. The number of aliphatic hydroxyl groups is 1. The highest BCUT2D eigenvalue weighted by atomic mass is 31.2. The minimum absolute atomic E-state index is 0.169. The second-order valence-electron chi connectivity index (χ2n) is 6.94. The van der Waals surface area contributed by atoms with Crippen molar-refractivity contribution in [1.29, 1.82) is 0 Å². The molecule has 5 nitrogen and oxygen atoms in total. The fourth-order valence-corrected chi connectivity index (χ4v) is 3.20. The second-order valence-corrected chi connectivity index (χ2v) is 8.18. The van der Waals surface area contributed by atoms with E-state index in [0.717, 1.165) is 19.3 Å². The van der Waals surface area contributed by atoms with Gasteiger partial charge in [-0.25, -0.2) is 4.57 Å². The maximum Gasteiger partial charge on any atom is 0.469 e. The molecule has 0 aliphatic rings. The number of unbranched alkanes of at least 4 members (excludes halogenated alkanes) is 15. The van der Waals surface area contributed by atoms with Crippen LogP contribution in [0.3, 0.4) is 0 Å². The Bertz CT molecular complexity index is 294. The highest BCUT2D eigenvalue weighted by molar-refractivity contribution is 7.46. The molecular weight excluding hydrogens is 351 g/mol. The van der Waals surface area contributed by atoms with Gasteiger partial charge in [-0.2, -0.15) is 0 Å². The van der Waals surface area contributed by atoms with Crippen LogP contribution in [0.15, 0.2) is 0 Å². The van der Waals surface area contributed by atoms with Gasteiger partial charge in [-0.05, 0) is 13.3 Å². The van der Waals surface area contributed by atoms with Gasteiger partial charge in [0.05, 0.1) is 6.61 Å².